The van der Waals surface area contributed by atoms with Crippen LogP contribution in [0.3, 0.4) is 0 Å². The number of anilines is 1. The monoisotopic (exact) mass is 219 g/mol. The second-order valence-electron chi connectivity index (χ2n) is 4.83. The van der Waals surface area contributed by atoms with Crippen molar-refractivity contribution in [3.8, 4) is 0 Å². The smallest absolute Gasteiger partial charge is 0.151 e. The molecule has 16 heavy (non-hydrogen) atoms. The van der Waals surface area contributed by atoms with Gasteiger partial charge in [0.05, 0.1) is 11.8 Å². The molecule has 4 nitrogen and oxygen atoms in total. The molecule has 0 bridgehead atoms. The van der Waals surface area contributed by atoms with Gasteiger partial charge >= 0.3 is 0 Å². The van der Waals surface area contributed by atoms with E-state index in [0.29, 0.717) is 12.5 Å². The molecule has 1 aliphatic heterocycles. The maximum Gasteiger partial charge on any atom is 0.151 e. The van der Waals surface area contributed by atoms with Crippen LogP contribution in [-0.2, 0) is 0 Å². The van der Waals surface area contributed by atoms with E-state index in [-0.39, 0.29) is 6.10 Å². The lowest BCUT2D eigenvalue weighted by Gasteiger charge is -2.24. The molecule has 3 rings (SSSR count). The van der Waals surface area contributed by atoms with Crippen molar-refractivity contribution >= 4 is 5.82 Å². The summed E-state index contributed by atoms with van der Waals surface area (Å²) >= 11 is 0. The van der Waals surface area contributed by atoms with Gasteiger partial charge in [0.25, 0.3) is 0 Å². The topological polar surface area (TPSA) is 49.2 Å². The van der Waals surface area contributed by atoms with Gasteiger partial charge in [0.15, 0.2) is 5.82 Å². The van der Waals surface area contributed by atoms with Crippen molar-refractivity contribution in [3.05, 3.63) is 17.8 Å². The van der Waals surface area contributed by atoms with E-state index in [1.54, 1.807) is 0 Å². The zero-order valence-electron chi connectivity index (χ0n) is 9.34. The van der Waals surface area contributed by atoms with Gasteiger partial charge in [0, 0.05) is 19.0 Å². The van der Waals surface area contributed by atoms with Crippen LogP contribution in [0.4, 0.5) is 5.82 Å². The van der Waals surface area contributed by atoms with Crippen LogP contribution < -0.4 is 4.90 Å². The summed E-state index contributed by atoms with van der Waals surface area (Å²) in [6.07, 6.45) is 4.49. The number of aliphatic hydroxyl groups excluding tert-OH is 1. The molecular formula is C12H17N3O. The SMILES string of the molecule is OC1CCN(c2ccc(C3CCC3)nn2)C1. The van der Waals surface area contributed by atoms with Crippen LogP contribution in [-0.4, -0.2) is 34.5 Å². The van der Waals surface area contributed by atoms with E-state index in [9.17, 15) is 5.11 Å². The molecule has 86 valence electrons. The third-order valence-electron chi connectivity index (χ3n) is 3.68. The van der Waals surface area contributed by atoms with Crippen LogP contribution in [0, 0.1) is 0 Å². The minimum Gasteiger partial charge on any atom is -0.391 e. The summed E-state index contributed by atoms with van der Waals surface area (Å²) < 4.78 is 0. The van der Waals surface area contributed by atoms with Gasteiger partial charge in [-0.15, -0.1) is 5.10 Å². The van der Waals surface area contributed by atoms with E-state index in [1.807, 2.05) is 6.07 Å². The summed E-state index contributed by atoms with van der Waals surface area (Å²) in [5.74, 6) is 1.55. The number of aromatic nitrogens is 2. The van der Waals surface area contributed by atoms with E-state index in [4.69, 9.17) is 0 Å². The molecule has 1 unspecified atom stereocenters. The normalized spacial score (nSPS) is 25.8. The lowest BCUT2D eigenvalue weighted by atomic mass is 9.83. The van der Waals surface area contributed by atoms with Gasteiger partial charge < -0.3 is 10.0 Å². The summed E-state index contributed by atoms with van der Waals surface area (Å²) in [5.41, 5.74) is 1.13. The molecule has 1 aliphatic carbocycles. The largest absolute Gasteiger partial charge is 0.391 e. The van der Waals surface area contributed by atoms with Crippen LogP contribution in [0.2, 0.25) is 0 Å². The van der Waals surface area contributed by atoms with Gasteiger partial charge in [-0.25, -0.2) is 0 Å². The zero-order valence-corrected chi connectivity index (χ0v) is 9.34. The predicted molar refractivity (Wildman–Crippen MR) is 61.5 cm³/mol. The first kappa shape index (κ1) is 10.0. The molecule has 0 spiro atoms. The van der Waals surface area contributed by atoms with Crippen LogP contribution in [0.5, 0.6) is 0 Å². The molecule has 1 N–H and O–H groups in total. The fourth-order valence-electron chi connectivity index (χ4n) is 2.38. The second kappa shape index (κ2) is 4.01. The maximum absolute atomic E-state index is 9.46. The van der Waals surface area contributed by atoms with Crippen molar-refractivity contribution in [3.63, 3.8) is 0 Å². The predicted octanol–water partition coefficient (Wildman–Crippen LogP) is 1.32. The fraction of sp³-hybridized carbons (Fsp3) is 0.667. The first-order chi connectivity index (χ1) is 7.83. The van der Waals surface area contributed by atoms with E-state index < -0.39 is 0 Å². The molecule has 1 saturated carbocycles. The van der Waals surface area contributed by atoms with Crippen LogP contribution in [0.15, 0.2) is 12.1 Å². The molecule has 1 saturated heterocycles. The summed E-state index contributed by atoms with van der Waals surface area (Å²) in [7, 11) is 0. The summed E-state index contributed by atoms with van der Waals surface area (Å²) in [6.45, 7) is 1.58. The maximum atomic E-state index is 9.46. The van der Waals surface area contributed by atoms with Crippen molar-refractivity contribution in [2.75, 3.05) is 18.0 Å². The fourth-order valence-corrected chi connectivity index (χ4v) is 2.38. The first-order valence-electron chi connectivity index (χ1n) is 6.09. The Hall–Kier alpha value is -1.16. The van der Waals surface area contributed by atoms with Gasteiger partial charge in [-0.05, 0) is 31.4 Å². The Kier molecular flexibility index (Phi) is 2.52. The molecule has 2 fully saturated rings. The van der Waals surface area contributed by atoms with Gasteiger partial charge in [-0.1, -0.05) is 6.42 Å². The van der Waals surface area contributed by atoms with E-state index >= 15 is 0 Å². The molecule has 4 heteroatoms. The Morgan fingerprint density at radius 3 is 2.56 bits per heavy atom. The molecule has 1 aromatic heterocycles. The highest BCUT2D eigenvalue weighted by atomic mass is 16.3. The van der Waals surface area contributed by atoms with Crippen LogP contribution >= 0.6 is 0 Å². The Bertz CT molecular complexity index is 361. The van der Waals surface area contributed by atoms with Gasteiger partial charge in [0.1, 0.15) is 0 Å². The molecule has 2 aliphatic rings. The molecule has 2 heterocycles. The Morgan fingerprint density at radius 2 is 2.06 bits per heavy atom. The van der Waals surface area contributed by atoms with Gasteiger partial charge in [-0.2, -0.15) is 5.10 Å². The average molecular weight is 219 g/mol. The Labute approximate surface area is 95.3 Å². The zero-order chi connectivity index (χ0) is 11.0. The highest BCUT2D eigenvalue weighted by molar-refractivity contribution is 5.39. The van der Waals surface area contributed by atoms with Crippen LogP contribution in [0.25, 0.3) is 0 Å². The molecule has 1 aromatic rings. The Balaban J connectivity index is 1.71. The molecular weight excluding hydrogens is 202 g/mol. The van der Waals surface area contributed by atoms with Crippen molar-refractivity contribution in [1.29, 1.82) is 0 Å². The molecule has 0 radical (unpaired) electrons. The third kappa shape index (κ3) is 1.78. The molecule has 0 amide bonds. The quantitative estimate of drug-likeness (QED) is 0.815. The van der Waals surface area contributed by atoms with Gasteiger partial charge in [0.2, 0.25) is 0 Å². The van der Waals surface area contributed by atoms with Crippen molar-refractivity contribution in [2.45, 2.75) is 37.7 Å². The lowest BCUT2D eigenvalue weighted by Crippen LogP contribution is -2.23. The summed E-state index contributed by atoms with van der Waals surface area (Å²) in [6, 6.07) is 4.13. The van der Waals surface area contributed by atoms with E-state index in [1.165, 1.54) is 19.3 Å². The number of rotatable bonds is 2. The summed E-state index contributed by atoms with van der Waals surface area (Å²) in [5, 5.41) is 18.0. The van der Waals surface area contributed by atoms with Crippen molar-refractivity contribution < 1.29 is 5.11 Å². The number of hydrogen-bond acceptors (Lipinski definition) is 4. The molecule has 0 aromatic carbocycles. The van der Waals surface area contributed by atoms with Crippen molar-refractivity contribution in [1.82, 2.24) is 10.2 Å². The standard InChI is InChI=1S/C12H17N3O/c16-10-6-7-15(8-10)12-5-4-11(13-14-12)9-2-1-3-9/h4-5,9-10,16H,1-3,6-8H2. The Morgan fingerprint density at radius 1 is 1.19 bits per heavy atom. The highest BCUT2D eigenvalue weighted by Crippen LogP contribution is 2.35. The van der Waals surface area contributed by atoms with E-state index in [0.717, 1.165) is 24.5 Å². The number of nitrogens with zero attached hydrogens (tertiary/aromatic N) is 3. The number of aliphatic hydroxyl groups is 1. The first-order valence-corrected chi connectivity index (χ1v) is 6.09. The van der Waals surface area contributed by atoms with Crippen molar-refractivity contribution in [2.24, 2.45) is 0 Å². The average Bonchev–Trinajstić information content (AvgIpc) is 2.63. The third-order valence-corrected chi connectivity index (χ3v) is 3.68. The summed E-state index contributed by atoms with van der Waals surface area (Å²) in [4.78, 5) is 2.10. The van der Waals surface area contributed by atoms with E-state index in [2.05, 4.69) is 21.2 Å². The minimum absolute atomic E-state index is 0.201. The van der Waals surface area contributed by atoms with Gasteiger partial charge in [-0.3, -0.25) is 0 Å². The number of β-amino-alcohol motifs (C(OH)–C–C–N with tert-alkyl or cyclic N) is 1. The van der Waals surface area contributed by atoms with Crippen LogP contribution in [0.1, 0.15) is 37.3 Å². The highest BCUT2D eigenvalue weighted by Gasteiger charge is 2.24. The molecule has 1 atom stereocenters. The minimum atomic E-state index is -0.201. The lowest BCUT2D eigenvalue weighted by molar-refractivity contribution is 0.198. The number of hydrogen-bond donors (Lipinski definition) is 1. The second-order valence-corrected chi connectivity index (χ2v) is 4.83.